The molecule has 6 heteroatoms. The van der Waals surface area contributed by atoms with Gasteiger partial charge in [0.05, 0.1) is 22.8 Å². The molecule has 1 rings (SSSR count). The molecule has 0 aliphatic carbocycles. The average molecular weight is 226 g/mol. The average Bonchev–Trinajstić information content (AvgIpc) is 2.42. The molecule has 15 heavy (non-hydrogen) atoms. The topological polar surface area (TPSA) is 64.2 Å². The first kappa shape index (κ1) is 11.6. The lowest BCUT2D eigenvalue weighted by Crippen LogP contribution is -2.34. The van der Waals surface area contributed by atoms with Crippen molar-refractivity contribution in [3.8, 4) is 0 Å². The van der Waals surface area contributed by atoms with Crippen molar-refractivity contribution < 1.29 is 4.79 Å². The Kier molecular flexibility index (Phi) is 3.41. The molecule has 1 aromatic heterocycles. The second-order valence-corrected chi connectivity index (χ2v) is 3.95. The van der Waals surface area contributed by atoms with E-state index >= 15 is 0 Å². The van der Waals surface area contributed by atoms with E-state index in [0.29, 0.717) is 16.2 Å². The fourth-order valence-electron chi connectivity index (χ4n) is 1.32. The zero-order valence-corrected chi connectivity index (χ0v) is 9.84. The van der Waals surface area contributed by atoms with Crippen LogP contribution in [-0.4, -0.2) is 39.2 Å². The highest BCUT2D eigenvalue weighted by molar-refractivity contribution is 7.80. The van der Waals surface area contributed by atoms with Gasteiger partial charge >= 0.3 is 0 Å². The van der Waals surface area contributed by atoms with Gasteiger partial charge in [0.15, 0.2) is 0 Å². The molecule has 0 fully saturated rings. The van der Waals surface area contributed by atoms with Crippen molar-refractivity contribution >= 4 is 23.1 Å². The van der Waals surface area contributed by atoms with Gasteiger partial charge in [0, 0.05) is 20.3 Å². The molecule has 1 amide bonds. The highest BCUT2D eigenvalue weighted by atomic mass is 32.1. The number of nitrogens with two attached hydrogens (primary N) is 1. The molecule has 0 aromatic carbocycles. The Hall–Kier alpha value is -1.43. The van der Waals surface area contributed by atoms with E-state index in [4.69, 9.17) is 18.0 Å². The van der Waals surface area contributed by atoms with Crippen molar-refractivity contribution in [1.82, 2.24) is 14.7 Å². The predicted octanol–water partition coefficient (Wildman–Crippen LogP) is 0.0866. The zero-order chi connectivity index (χ0) is 11.6. The number of nitrogens with zero attached hydrogens (tertiary/aromatic N) is 3. The smallest absolute Gasteiger partial charge is 0.257 e. The number of aromatic nitrogens is 2. The van der Waals surface area contributed by atoms with Crippen LogP contribution >= 0.6 is 12.2 Å². The van der Waals surface area contributed by atoms with E-state index in [9.17, 15) is 4.79 Å². The van der Waals surface area contributed by atoms with Gasteiger partial charge in [-0.15, -0.1) is 0 Å². The van der Waals surface area contributed by atoms with Crippen molar-refractivity contribution in [2.24, 2.45) is 12.8 Å². The zero-order valence-electron chi connectivity index (χ0n) is 9.02. The van der Waals surface area contributed by atoms with Crippen molar-refractivity contribution in [3.63, 3.8) is 0 Å². The minimum atomic E-state index is -0.117. The van der Waals surface area contributed by atoms with E-state index in [-0.39, 0.29) is 12.5 Å². The fourth-order valence-corrected chi connectivity index (χ4v) is 1.51. The maximum atomic E-state index is 11.9. The molecule has 0 atom stereocenters. The maximum Gasteiger partial charge on any atom is 0.257 e. The number of likely N-dealkylation sites (N-methyl/N-ethyl adjacent to an activating group) is 1. The lowest BCUT2D eigenvalue weighted by atomic mass is 10.2. The summed E-state index contributed by atoms with van der Waals surface area (Å²) >= 11 is 4.74. The molecule has 1 aromatic rings. The third-order valence-electron chi connectivity index (χ3n) is 1.98. The van der Waals surface area contributed by atoms with Crippen LogP contribution < -0.4 is 5.73 Å². The summed E-state index contributed by atoms with van der Waals surface area (Å²) in [5.41, 5.74) is 6.65. The first-order valence-corrected chi connectivity index (χ1v) is 4.86. The van der Waals surface area contributed by atoms with Crippen LogP contribution in [0, 0.1) is 6.92 Å². The van der Waals surface area contributed by atoms with Gasteiger partial charge in [-0.25, -0.2) is 0 Å². The van der Waals surface area contributed by atoms with Crippen LogP contribution in [0.25, 0.3) is 0 Å². The number of amides is 1. The van der Waals surface area contributed by atoms with Crippen LogP contribution in [0.5, 0.6) is 0 Å². The molecule has 0 bridgehead atoms. The minimum absolute atomic E-state index is 0.117. The summed E-state index contributed by atoms with van der Waals surface area (Å²) in [6.45, 7) is 2.07. The molecule has 0 aliphatic rings. The molecular formula is C9H14N4OS. The summed E-state index contributed by atoms with van der Waals surface area (Å²) in [6.07, 6.45) is 1.69. The minimum Gasteiger partial charge on any atom is -0.392 e. The van der Waals surface area contributed by atoms with Crippen LogP contribution in [0.1, 0.15) is 16.1 Å². The van der Waals surface area contributed by atoms with Crippen molar-refractivity contribution in [1.29, 1.82) is 0 Å². The Balaban J connectivity index is 2.84. The molecule has 0 aliphatic heterocycles. The highest BCUT2D eigenvalue weighted by Gasteiger charge is 2.16. The molecule has 0 unspecified atom stereocenters. The fraction of sp³-hybridized carbons (Fsp3) is 0.444. The second kappa shape index (κ2) is 4.39. The molecule has 1 heterocycles. The van der Waals surface area contributed by atoms with E-state index in [1.54, 1.807) is 31.9 Å². The highest BCUT2D eigenvalue weighted by Crippen LogP contribution is 2.07. The predicted molar refractivity (Wildman–Crippen MR) is 61.7 cm³/mol. The second-order valence-electron chi connectivity index (χ2n) is 3.43. The standard InChI is InChI=1S/C9H14N4OS/c1-6-7(4-13(3)11-6)9(14)12(2)5-8(10)15/h4H,5H2,1-3H3,(H2,10,15). The van der Waals surface area contributed by atoms with E-state index < -0.39 is 0 Å². The summed E-state index contributed by atoms with van der Waals surface area (Å²) in [5, 5.41) is 4.10. The number of carbonyl (C=O) groups excluding carboxylic acids is 1. The molecule has 0 saturated carbocycles. The van der Waals surface area contributed by atoms with Crippen molar-refractivity contribution in [2.45, 2.75) is 6.92 Å². The maximum absolute atomic E-state index is 11.9. The summed E-state index contributed by atoms with van der Waals surface area (Å²) in [4.78, 5) is 13.6. The monoisotopic (exact) mass is 226 g/mol. The van der Waals surface area contributed by atoms with E-state index in [1.165, 1.54) is 4.90 Å². The molecule has 82 valence electrons. The quantitative estimate of drug-likeness (QED) is 0.742. The lowest BCUT2D eigenvalue weighted by Gasteiger charge is -2.15. The largest absolute Gasteiger partial charge is 0.392 e. The van der Waals surface area contributed by atoms with Crippen molar-refractivity contribution in [3.05, 3.63) is 17.5 Å². The van der Waals surface area contributed by atoms with Gasteiger partial charge in [0.1, 0.15) is 0 Å². The number of thiocarbonyl (C=S) groups is 1. The Morgan fingerprint density at radius 2 is 2.33 bits per heavy atom. The van der Waals surface area contributed by atoms with Crippen LogP contribution in [-0.2, 0) is 7.05 Å². The Labute approximate surface area is 93.8 Å². The van der Waals surface area contributed by atoms with E-state index in [1.807, 2.05) is 0 Å². The summed E-state index contributed by atoms with van der Waals surface area (Å²) in [5.74, 6) is -0.117. The van der Waals surface area contributed by atoms with Crippen molar-refractivity contribution in [2.75, 3.05) is 13.6 Å². The van der Waals surface area contributed by atoms with Crippen LogP contribution in [0.4, 0.5) is 0 Å². The number of hydrogen-bond acceptors (Lipinski definition) is 3. The SMILES string of the molecule is Cc1nn(C)cc1C(=O)N(C)CC(N)=S. The van der Waals surface area contributed by atoms with Gasteiger partial charge in [-0.1, -0.05) is 12.2 Å². The van der Waals surface area contributed by atoms with E-state index in [0.717, 1.165) is 0 Å². The third-order valence-corrected chi connectivity index (χ3v) is 2.11. The summed E-state index contributed by atoms with van der Waals surface area (Å²) in [7, 11) is 3.44. The van der Waals surface area contributed by atoms with Gasteiger partial charge < -0.3 is 10.6 Å². The molecule has 2 N–H and O–H groups in total. The number of rotatable bonds is 3. The van der Waals surface area contributed by atoms with Gasteiger partial charge in [-0.2, -0.15) is 5.10 Å². The molecule has 0 saturated heterocycles. The number of aryl methyl sites for hydroxylation is 2. The van der Waals surface area contributed by atoms with Gasteiger partial charge in [0.2, 0.25) is 0 Å². The normalized spacial score (nSPS) is 10.1. The first-order chi connectivity index (χ1) is 6.91. The lowest BCUT2D eigenvalue weighted by molar-refractivity contribution is 0.0814. The summed E-state index contributed by atoms with van der Waals surface area (Å²) < 4.78 is 1.61. The van der Waals surface area contributed by atoms with Crippen LogP contribution in [0.15, 0.2) is 6.20 Å². The van der Waals surface area contributed by atoms with Gasteiger partial charge in [-0.05, 0) is 6.92 Å². The summed E-state index contributed by atoms with van der Waals surface area (Å²) in [6, 6.07) is 0. The molecule has 0 spiro atoms. The first-order valence-electron chi connectivity index (χ1n) is 4.46. The Morgan fingerprint density at radius 3 is 2.73 bits per heavy atom. The Bertz CT molecular complexity index is 399. The van der Waals surface area contributed by atoms with Gasteiger partial charge in [0.25, 0.3) is 5.91 Å². The number of hydrogen-bond donors (Lipinski definition) is 1. The number of carbonyl (C=O) groups is 1. The third kappa shape index (κ3) is 2.76. The molecule has 5 nitrogen and oxygen atoms in total. The van der Waals surface area contributed by atoms with Crippen LogP contribution in [0.2, 0.25) is 0 Å². The van der Waals surface area contributed by atoms with Crippen LogP contribution in [0.3, 0.4) is 0 Å². The van der Waals surface area contributed by atoms with Gasteiger partial charge in [-0.3, -0.25) is 9.48 Å². The van der Waals surface area contributed by atoms with E-state index in [2.05, 4.69) is 5.10 Å². The Morgan fingerprint density at radius 1 is 1.73 bits per heavy atom. The molecule has 0 radical (unpaired) electrons. The molecular weight excluding hydrogens is 212 g/mol.